The third-order valence-corrected chi connectivity index (χ3v) is 4.27. The summed E-state index contributed by atoms with van der Waals surface area (Å²) in [6, 6.07) is 2.01. The third-order valence-electron chi connectivity index (χ3n) is 4.27. The van der Waals surface area contributed by atoms with E-state index in [-0.39, 0.29) is 0 Å². The zero-order chi connectivity index (χ0) is 16.4. The van der Waals surface area contributed by atoms with Gasteiger partial charge in [0.25, 0.3) is 0 Å². The Morgan fingerprint density at radius 1 is 1.00 bits per heavy atom. The summed E-state index contributed by atoms with van der Waals surface area (Å²) in [5.41, 5.74) is 3.15. The van der Waals surface area contributed by atoms with Crippen LogP contribution < -0.4 is 9.80 Å². The van der Waals surface area contributed by atoms with Gasteiger partial charge in [0.2, 0.25) is 5.95 Å². The van der Waals surface area contributed by atoms with Crippen LogP contribution in [0.15, 0.2) is 18.5 Å². The van der Waals surface area contributed by atoms with Gasteiger partial charge in [0.15, 0.2) is 0 Å². The normalized spacial score (nSPS) is 15.7. The lowest BCUT2D eigenvalue weighted by molar-refractivity contribution is 0.489. The molecule has 0 amide bonds. The quantitative estimate of drug-likeness (QED) is 0.867. The van der Waals surface area contributed by atoms with E-state index in [0.29, 0.717) is 5.92 Å². The average molecular weight is 312 g/mol. The summed E-state index contributed by atoms with van der Waals surface area (Å²) in [5, 5.41) is 0. The van der Waals surface area contributed by atoms with E-state index in [1.54, 1.807) is 0 Å². The molecule has 3 heterocycles. The van der Waals surface area contributed by atoms with Gasteiger partial charge in [0.05, 0.1) is 11.9 Å². The monoisotopic (exact) mass is 312 g/mol. The first-order valence-corrected chi connectivity index (χ1v) is 8.09. The van der Waals surface area contributed by atoms with Crippen LogP contribution >= 0.6 is 0 Å². The first-order valence-electron chi connectivity index (χ1n) is 8.09. The lowest BCUT2D eigenvalue weighted by Crippen LogP contribution is -2.34. The molecule has 0 N–H and O–H groups in total. The summed E-state index contributed by atoms with van der Waals surface area (Å²) in [7, 11) is 3.99. The van der Waals surface area contributed by atoms with Gasteiger partial charge in [-0.15, -0.1) is 0 Å². The van der Waals surface area contributed by atoms with E-state index >= 15 is 0 Å². The molecule has 3 rings (SSSR count). The number of aryl methyl sites for hydroxylation is 2. The molecule has 6 nitrogen and oxygen atoms in total. The zero-order valence-corrected chi connectivity index (χ0v) is 14.3. The molecule has 0 spiro atoms. The van der Waals surface area contributed by atoms with Crippen LogP contribution in [0.25, 0.3) is 0 Å². The molecular formula is C17H24N6. The smallest absolute Gasteiger partial charge is 0.225 e. The number of aromatic nitrogens is 4. The third kappa shape index (κ3) is 3.57. The fourth-order valence-electron chi connectivity index (χ4n) is 3.01. The summed E-state index contributed by atoms with van der Waals surface area (Å²) in [6.45, 7) is 5.96. The van der Waals surface area contributed by atoms with E-state index in [2.05, 4.69) is 19.9 Å². The Morgan fingerprint density at radius 2 is 1.65 bits per heavy atom. The number of anilines is 2. The van der Waals surface area contributed by atoms with Crippen molar-refractivity contribution in [3.05, 3.63) is 35.5 Å². The second-order valence-corrected chi connectivity index (χ2v) is 6.41. The highest BCUT2D eigenvalue weighted by molar-refractivity contribution is 5.36. The summed E-state index contributed by atoms with van der Waals surface area (Å²) < 4.78 is 0. The highest BCUT2D eigenvalue weighted by atomic mass is 15.3. The standard InChI is InChI=1S/C17H24N6/c1-12-9-13(2)20-17(19-12)23-7-5-14(6-8-23)15-10-18-11-16(21-15)22(3)4/h9-11,14H,5-8H2,1-4H3. The summed E-state index contributed by atoms with van der Waals surface area (Å²) in [5.74, 6) is 2.24. The molecule has 23 heavy (non-hydrogen) atoms. The minimum Gasteiger partial charge on any atom is -0.361 e. The number of rotatable bonds is 3. The SMILES string of the molecule is Cc1cc(C)nc(N2CCC(c3cncc(N(C)C)n3)CC2)n1. The summed E-state index contributed by atoms with van der Waals surface area (Å²) in [4.78, 5) is 22.5. The van der Waals surface area contributed by atoms with Crippen molar-refractivity contribution in [1.82, 2.24) is 19.9 Å². The highest BCUT2D eigenvalue weighted by Gasteiger charge is 2.24. The molecule has 1 saturated heterocycles. The zero-order valence-electron chi connectivity index (χ0n) is 14.3. The maximum Gasteiger partial charge on any atom is 0.225 e. The molecule has 2 aromatic heterocycles. The summed E-state index contributed by atoms with van der Waals surface area (Å²) in [6.07, 6.45) is 5.83. The van der Waals surface area contributed by atoms with Crippen molar-refractivity contribution in [3.63, 3.8) is 0 Å². The first kappa shape index (κ1) is 15.6. The molecule has 6 heteroatoms. The van der Waals surface area contributed by atoms with Crippen molar-refractivity contribution in [2.75, 3.05) is 37.0 Å². The van der Waals surface area contributed by atoms with Gasteiger partial charge >= 0.3 is 0 Å². The predicted molar refractivity (Wildman–Crippen MR) is 92.1 cm³/mol. The lowest BCUT2D eigenvalue weighted by atomic mass is 9.94. The van der Waals surface area contributed by atoms with E-state index in [0.717, 1.165) is 54.8 Å². The molecule has 1 aliphatic rings. The van der Waals surface area contributed by atoms with Crippen LogP contribution in [0.2, 0.25) is 0 Å². The van der Waals surface area contributed by atoms with E-state index < -0.39 is 0 Å². The fourth-order valence-corrected chi connectivity index (χ4v) is 3.01. The topological polar surface area (TPSA) is 58.0 Å². The van der Waals surface area contributed by atoms with Crippen LogP contribution in [-0.2, 0) is 0 Å². The van der Waals surface area contributed by atoms with Crippen LogP contribution in [0, 0.1) is 13.8 Å². The lowest BCUT2D eigenvalue weighted by Gasteiger charge is -2.32. The van der Waals surface area contributed by atoms with Crippen LogP contribution in [0.1, 0.15) is 35.8 Å². The van der Waals surface area contributed by atoms with Crippen molar-refractivity contribution < 1.29 is 0 Å². The van der Waals surface area contributed by atoms with Gasteiger partial charge in [-0.3, -0.25) is 4.98 Å². The molecule has 0 bridgehead atoms. The van der Waals surface area contributed by atoms with E-state index in [9.17, 15) is 0 Å². The number of piperidine rings is 1. The molecular weight excluding hydrogens is 288 g/mol. The molecule has 0 atom stereocenters. The van der Waals surface area contributed by atoms with Gasteiger partial charge in [-0.1, -0.05) is 0 Å². The fraction of sp³-hybridized carbons (Fsp3) is 0.529. The molecule has 122 valence electrons. The largest absolute Gasteiger partial charge is 0.361 e. The Balaban J connectivity index is 1.69. The van der Waals surface area contributed by atoms with Gasteiger partial charge in [-0.25, -0.2) is 15.0 Å². The van der Waals surface area contributed by atoms with Crippen molar-refractivity contribution >= 4 is 11.8 Å². The maximum atomic E-state index is 4.74. The van der Waals surface area contributed by atoms with Crippen molar-refractivity contribution in [1.29, 1.82) is 0 Å². The second-order valence-electron chi connectivity index (χ2n) is 6.41. The number of nitrogens with zero attached hydrogens (tertiary/aromatic N) is 6. The van der Waals surface area contributed by atoms with Gasteiger partial charge in [0, 0.05) is 50.7 Å². The van der Waals surface area contributed by atoms with Crippen molar-refractivity contribution in [3.8, 4) is 0 Å². The van der Waals surface area contributed by atoms with Gasteiger partial charge in [-0.05, 0) is 32.8 Å². The number of hydrogen-bond donors (Lipinski definition) is 0. The molecule has 0 unspecified atom stereocenters. The highest BCUT2D eigenvalue weighted by Crippen LogP contribution is 2.28. The molecule has 0 aliphatic carbocycles. The van der Waals surface area contributed by atoms with Crippen LogP contribution in [0.4, 0.5) is 11.8 Å². The Labute approximate surface area is 137 Å². The Morgan fingerprint density at radius 3 is 2.26 bits per heavy atom. The van der Waals surface area contributed by atoms with Crippen LogP contribution in [-0.4, -0.2) is 47.1 Å². The number of hydrogen-bond acceptors (Lipinski definition) is 6. The molecule has 1 fully saturated rings. The Bertz CT molecular complexity index is 656. The Hall–Kier alpha value is -2.24. The summed E-state index contributed by atoms with van der Waals surface area (Å²) >= 11 is 0. The molecule has 2 aromatic rings. The molecule has 1 aliphatic heterocycles. The van der Waals surface area contributed by atoms with Crippen molar-refractivity contribution in [2.24, 2.45) is 0 Å². The molecule has 0 saturated carbocycles. The predicted octanol–water partition coefficient (Wildman–Crippen LogP) is 2.33. The molecule has 0 radical (unpaired) electrons. The first-order chi connectivity index (χ1) is 11.0. The Kier molecular flexibility index (Phi) is 4.41. The van der Waals surface area contributed by atoms with Gasteiger partial charge < -0.3 is 9.80 Å². The average Bonchev–Trinajstić information content (AvgIpc) is 2.54. The van der Waals surface area contributed by atoms with E-state index in [1.807, 2.05) is 51.3 Å². The molecule has 0 aromatic carbocycles. The van der Waals surface area contributed by atoms with E-state index in [1.165, 1.54) is 0 Å². The minimum absolute atomic E-state index is 0.463. The maximum absolute atomic E-state index is 4.74. The van der Waals surface area contributed by atoms with Crippen LogP contribution in [0.5, 0.6) is 0 Å². The van der Waals surface area contributed by atoms with Crippen LogP contribution in [0.3, 0.4) is 0 Å². The second kappa shape index (κ2) is 6.48. The van der Waals surface area contributed by atoms with Gasteiger partial charge in [0.1, 0.15) is 5.82 Å². The minimum atomic E-state index is 0.463. The van der Waals surface area contributed by atoms with Gasteiger partial charge in [-0.2, -0.15) is 0 Å². The van der Waals surface area contributed by atoms with E-state index in [4.69, 9.17) is 4.98 Å². The van der Waals surface area contributed by atoms with Crippen molar-refractivity contribution in [2.45, 2.75) is 32.6 Å².